The normalized spacial score (nSPS) is 11.6. The van der Waals surface area contributed by atoms with Crippen LogP contribution in [0.1, 0.15) is 5.89 Å². The molecule has 4 nitrogen and oxygen atoms in total. The Morgan fingerprint density at radius 1 is 1.27 bits per heavy atom. The van der Waals surface area contributed by atoms with E-state index in [1.807, 2.05) is 24.3 Å². The lowest BCUT2D eigenvalue weighted by atomic mass is 10.3. The Bertz CT molecular complexity index is 873. The summed E-state index contributed by atoms with van der Waals surface area (Å²) in [6.07, 6.45) is 2.25. The fourth-order valence-electron chi connectivity index (χ4n) is 1.91. The van der Waals surface area contributed by atoms with Crippen LogP contribution in [0.4, 0.5) is 5.69 Å². The third kappa shape index (κ3) is 3.21. The zero-order valence-corrected chi connectivity index (χ0v) is 13.6. The van der Waals surface area contributed by atoms with Gasteiger partial charge in [0.15, 0.2) is 11.9 Å². The van der Waals surface area contributed by atoms with E-state index in [1.54, 1.807) is 24.4 Å². The van der Waals surface area contributed by atoms with Gasteiger partial charge in [-0.2, -0.15) is 0 Å². The minimum Gasteiger partial charge on any atom is -0.436 e. The third-order valence-electron chi connectivity index (χ3n) is 2.94. The molecule has 0 saturated carbocycles. The molecule has 0 aliphatic heterocycles. The lowest BCUT2D eigenvalue weighted by molar-refractivity contribution is -0.103. The van der Waals surface area contributed by atoms with Gasteiger partial charge in [-0.1, -0.05) is 33.6 Å². The number of aromatic nitrogens is 1. The highest BCUT2D eigenvalue weighted by molar-refractivity contribution is 9.10. The van der Waals surface area contributed by atoms with Gasteiger partial charge in [-0.15, -0.1) is 0 Å². The Kier molecular flexibility index (Phi) is 4.27. The summed E-state index contributed by atoms with van der Waals surface area (Å²) in [6.45, 7) is 0. The lowest BCUT2D eigenvalue weighted by Crippen LogP contribution is -1.93. The molecule has 22 heavy (non-hydrogen) atoms. The van der Waals surface area contributed by atoms with Crippen molar-refractivity contribution in [1.29, 1.82) is 0 Å². The van der Waals surface area contributed by atoms with Crippen molar-refractivity contribution in [2.45, 2.75) is 0 Å². The number of hydrogen-bond acceptors (Lipinski definition) is 4. The highest BCUT2D eigenvalue weighted by atomic mass is 79.9. The second-order valence-corrected chi connectivity index (χ2v) is 5.86. The van der Waals surface area contributed by atoms with Crippen molar-refractivity contribution >= 4 is 56.2 Å². The van der Waals surface area contributed by atoms with Gasteiger partial charge in [0, 0.05) is 21.4 Å². The molecule has 0 fully saturated rings. The van der Waals surface area contributed by atoms with Gasteiger partial charge in [0.1, 0.15) is 5.52 Å². The van der Waals surface area contributed by atoms with Crippen LogP contribution in [0.5, 0.6) is 0 Å². The molecule has 110 valence electrons. The molecule has 0 saturated heterocycles. The molecule has 0 aliphatic carbocycles. The molecule has 1 aromatic heterocycles. The van der Waals surface area contributed by atoms with Gasteiger partial charge in [0.05, 0.1) is 5.57 Å². The molecule has 2 aromatic carbocycles. The Hall–Kier alpha value is -2.11. The largest absolute Gasteiger partial charge is 0.436 e. The van der Waals surface area contributed by atoms with Crippen molar-refractivity contribution in [3.63, 3.8) is 0 Å². The molecule has 0 amide bonds. The molecule has 3 aromatic rings. The summed E-state index contributed by atoms with van der Waals surface area (Å²) in [5.74, 6) is 0.245. The molecule has 0 aliphatic rings. The van der Waals surface area contributed by atoms with Crippen molar-refractivity contribution in [2.24, 2.45) is 0 Å². The van der Waals surface area contributed by atoms with E-state index in [9.17, 15) is 4.79 Å². The monoisotopic (exact) mass is 376 g/mol. The molecular weight excluding hydrogens is 368 g/mol. The standard InChI is InChI=1S/C16H10BrClN2O2/c17-11-2-1-3-13(6-11)19-8-10(9-21)16-20-14-7-12(18)4-5-15(14)22-16/h1-9,19H/b10-8-. The van der Waals surface area contributed by atoms with Crippen molar-refractivity contribution in [3.05, 3.63) is 64.1 Å². The third-order valence-corrected chi connectivity index (χ3v) is 3.67. The summed E-state index contributed by atoms with van der Waals surface area (Å²) in [7, 11) is 0. The smallest absolute Gasteiger partial charge is 0.232 e. The summed E-state index contributed by atoms with van der Waals surface area (Å²) >= 11 is 9.30. The molecule has 0 unspecified atom stereocenters. The van der Waals surface area contributed by atoms with Crippen molar-refractivity contribution in [1.82, 2.24) is 4.98 Å². The minimum atomic E-state index is 0.245. The van der Waals surface area contributed by atoms with Crippen LogP contribution in [0.3, 0.4) is 0 Å². The first-order valence-electron chi connectivity index (χ1n) is 6.39. The number of aldehydes is 1. The molecule has 0 spiro atoms. The van der Waals surface area contributed by atoms with Crippen molar-refractivity contribution in [3.8, 4) is 0 Å². The zero-order valence-electron chi connectivity index (χ0n) is 11.2. The van der Waals surface area contributed by atoms with Gasteiger partial charge < -0.3 is 9.73 Å². The number of nitrogens with one attached hydrogen (secondary N) is 1. The van der Waals surface area contributed by atoms with Gasteiger partial charge >= 0.3 is 0 Å². The SMILES string of the molecule is O=C/C(=C/Nc1cccc(Br)c1)c1nc2cc(Cl)ccc2o1. The first kappa shape index (κ1) is 14.8. The molecule has 6 heteroatoms. The van der Waals surface area contributed by atoms with Gasteiger partial charge in [-0.3, -0.25) is 4.79 Å². The van der Waals surface area contributed by atoms with Crippen LogP contribution in [0, 0.1) is 0 Å². The number of carbonyl (C=O) groups excluding carboxylic acids is 1. The van der Waals surface area contributed by atoms with E-state index in [-0.39, 0.29) is 5.89 Å². The number of allylic oxidation sites excluding steroid dienone is 1. The lowest BCUT2D eigenvalue weighted by Gasteiger charge is -2.01. The highest BCUT2D eigenvalue weighted by Crippen LogP contribution is 2.23. The van der Waals surface area contributed by atoms with Gasteiger partial charge in [-0.25, -0.2) is 4.98 Å². The Morgan fingerprint density at radius 3 is 2.91 bits per heavy atom. The maximum Gasteiger partial charge on any atom is 0.232 e. The maximum absolute atomic E-state index is 11.3. The number of rotatable bonds is 4. The molecular formula is C16H10BrClN2O2. The summed E-state index contributed by atoms with van der Waals surface area (Å²) in [6, 6.07) is 12.7. The number of oxazole rings is 1. The molecule has 0 radical (unpaired) electrons. The van der Waals surface area contributed by atoms with E-state index in [2.05, 4.69) is 26.2 Å². The minimum absolute atomic E-state index is 0.245. The van der Waals surface area contributed by atoms with Crippen LogP contribution >= 0.6 is 27.5 Å². The molecule has 0 atom stereocenters. The van der Waals surface area contributed by atoms with E-state index in [0.29, 0.717) is 28.0 Å². The van der Waals surface area contributed by atoms with Crippen LogP contribution in [-0.4, -0.2) is 11.3 Å². The van der Waals surface area contributed by atoms with Crippen molar-refractivity contribution < 1.29 is 9.21 Å². The first-order chi connectivity index (χ1) is 10.7. The zero-order chi connectivity index (χ0) is 15.5. The predicted molar refractivity (Wildman–Crippen MR) is 90.8 cm³/mol. The van der Waals surface area contributed by atoms with E-state index in [4.69, 9.17) is 16.0 Å². The maximum atomic E-state index is 11.3. The fraction of sp³-hybridized carbons (Fsp3) is 0. The topological polar surface area (TPSA) is 55.1 Å². The number of nitrogens with zero attached hydrogens (tertiary/aromatic N) is 1. The number of hydrogen-bond donors (Lipinski definition) is 1. The highest BCUT2D eigenvalue weighted by Gasteiger charge is 2.10. The van der Waals surface area contributed by atoms with Gasteiger partial charge in [-0.05, 0) is 36.4 Å². The van der Waals surface area contributed by atoms with Crippen LogP contribution in [0.25, 0.3) is 16.7 Å². The van der Waals surface area contributed by atoms with Crippen molar-refractivity contribution in [2.75, 3.05) is 5.32 Å². The molecule has 3 rings (SSSR count). The van der Waals surface area contributed by atoms with E-state index >= 15 is 0 Å². The molecule has 1 N–H and O–H groups in total. The first-order valence-corrected chi connectivity index (χ1v) is 7.57. The van der Waals surface area contributed by atoms with Gasteiger partial charge in [0.25, 0.3) is 0 Å². The number of fused-ring (bicyclic) bond motifs is 1. The average molecular weight is 378 g/mol. The summed E-state index contributed by atoms with van der Waals surface area (Å²) in [5, 5.41) is 3.61. The Balaban J connectivity index is 1.91. The second-order valence-electron chi connectivity index (χ2n) is 4.50. The van der Waals surface area contributed by atoms with Crippen LogP contribution < -0.4 is 5.32 Å². The Morgan fingerprint density at radius 2 is 2.14 bits per heavy atom. The number of benzene rings is 2. The second kappa shape index (κ2) is 6.34. The summed E-state index contributed by atoms with van der Waals surface area (Å²) in [5.41, 5.74) is 2.34. The molecule has 1 heterocycles. The fourth-order valence-corrected chi connectivity index (χ4v) is 2.48. The molecule has 0 bridgehead atoms. The van der Waals surface area contributed by atoms with Gasteiger partial charge in [0.2, 0.25) is 5.89 Å². The Labute approximate surface area is 139 Å². The summed E-state index contributed by atoms with van der Waals surface area (Å²) < 4.78 is 6.51. The van der Waals surface area contributed by atoms with Crippen LogP contribution in [-0.2, 0) is 4.79 Å². The summed E-state index contributed by atoms with van der Waals surface area (Å²) in [4.78, 5) is 15.6. The average Bonchev–Trinajstić information content (AvgIpc) is 2.90. The van der Waals surface area contributed by atoms with Crippen LogP contribution in [0.15, 0.2) is 57.6 Å². The van der Waals surface area contributed by atoms with E-state index < -0.39 is 0 Å². The van der Waals surface area contributed by atoms with Crippen LogP contribution in [0.2, 0.25) is 5.02 Å². The van der Waals surface area contributed by atoms with E-state index in [0.717, 1.165) is 10.2 Å². The number of halogens is 2. The predicted octanol–water partition coefficient (Wildman–Crippen LogP) is 4.90. The number of anilines is 1. The van der Waals surface area contributed by atoms with E-state index in [1.165, 1.54) is 0 Å². The quantitative estimate of drug-likeness (QED) is 0.519. The number of carbonyl (C=O) groups is 1.